The molecule has 0 aromatic carbocycles. The van der Waals surface area contributed by atoms with Crippen LogP contribution in [0.15, 0.2) is 12.3 Å². The van der Waals surface area contributed by atoms with E-state index in [2.05, 4.69) is 10.4 Å². The number of nitrogens with zero attached hydrogens (tertiary/aromatic N) is 2. The lowest BCUT2D eigenvalue weighted by atomic mass is 10.1. The summed E-state index contributed by atoms with van der Waals surface area (Å²) in [5.41, 5.74) is 1.46. The van der Waals surface area contributed by atoms with Crippen LogP contribution in [-0.2, 0) is 13.5 Å². The van der Waals surface area contributed by atoms with E-state index in [4.69, 9.17) is 5.11 Å². The van der Waals surface area contributed by atoms with E-state index in [1.54, 1.807) is 0 Å². The summed E-state index contributed by atoms with van der Waals surface area (Å²) in [5.74, 6) is 0. The van der Waals surface area contributed by atoms with Gasteiger partial charge < -0.3 is 10.4 Å². The van der Waals surface area contributed by atoms with Gasteiger partial charge in [-0.25, -0.2) is 0 Å². The molecule has 15 heavy (non-hydrogen) atoms. The summed E-state index contributed by atoms with van der Waals surface area (Å²) in [6, 6.07) is 2.04. The van der Waals surface area contributed by atoms with E-state index in [0.29, 0.717) is 6.61 Å². The van der Waals surface area contributed by atoms with E-state index in [-0.39, 0.29) is 5.41 Å². The molecule has 0 amide bonds. The molecule has 4 nitrogen and oxygen atoms in total. The van der Waals surface area contributed by atoms with Gasteiger partial charge in [-0.2, -0.15) is 5.10 Å². The van der Waals surface area contributed by atoms with Crippen molar-refractivity contribution < 1.29 is 5.11 Å². The fourth-order valence-corrected chi connectivity index (χ4v) is 1.78. The molecule has 0 unspecified atom stereocenters. The summed E-state index contributed by atoms with van der Waals surface area (Å²) in [6.45, 7) is 2.23. The molecule has 1 aliphatic rings. The van der Waals surface area contributed by atoms with Crippen LogP contribution in [0.25, 0.3) is 0 Å². The fraction of sp³-hybridized carbons (Fsp3) is 0.727. The number of aliphatic hydroxyl groups excluding tert-OH is 1. The van der Waals surface area contributed by atoms with Crippen molar-refractivity contribution in [3.63, 3.8) is 0 Å². The van der Waals surface area contributed by atoms with Gasteiger partial charge in [-0.3, -0.25) is 4.68 Å². The summed E-state index contributed by atoms with van der Waals surface area (Å²) < 4.78 is 1.90. The van der Waals surface area contributed by atoms with Gasteiger partial charge in [-0.05, 0) is 18.9 Å². The summed E-state index contributed by atoms with van der Waals surface area (Å²) in [7, 11) is 1.96. The third-order valence-corrected chi connectivity index (χ3v) is 3.27. The molecule has 0 bridgehead atoms. The second kappa shape index (κ2) is 4.33. The molecule has 1 aromatic heterocycles. The van der Waals surface area contributed by atoms with Crippen LogP contribution >= 0.6 is 0 Å². The maximum Gasteiger partial charge on any atom is 0.0499 e. The van der Waals surface area contributed by atoms with Crippen molar-refractivity contribution in [1.29, 1.82) is 0 Å². The molecule has 4 heteroatoms. The Balaban J connectivity index is 1.65. The topological polar surface area (TPSA) is 50.1 Å². The fourth-order valence-electron chi connectivity index (χ4n) is 1.78. The minimum Gasteiger partial charge on any atom is -0.396 e. The smallest absolute Gasteiger partial charge is 0.0499 e. The molecule has 0 atom stereocenters. The molecular formula is C11H19N3O. The van der Waals surface area contributed by atoms with Crippen LogP contribution in [-0.4, -0.2) is 34.6 Å². The van der Waals surface area contributed by atoms with E-state index in [1.165, 1.54) is 18.5 Å². The molecule has 1 saturated carbocycles. The standard InChI is InChI=1S/C11H19N3O/c1-14-10(3-7-13-14)2-6-12-8-11(9-15)4-5-11/h3,7,12,15H,2,4-6,8-9H2,1H3. The van der Waals surface area contributed by atoms with Gasteiger partial charge in [0.25, 0.3) is 0 Å². The first-order valence-electron chi connectivity index (χ1n) is 5.54. The monoisotopic (exact) mass is 209 g/mol. The van der Waals surface area contributed by atoms with Crippen LogP contribution in [0.1, 0.15) is 18.5 Å². The molecule has 1 fully saturated rings. The van der Waals surface area contributed by atoms with Crippen molar-refractivity contribution in [3.05, 3.63) is 18.0 Å². The summed E-state index contributed by atoms with van der Waals surface area (Å²) >= 11 is 0. The molecule has 1 aromatic rings. The Labute approximate surface area is 90.3 Å². The van der Waals surface area contributed by atoms with Crippen molar-refractivity contribution in [1.82, 2.24) is 15.1 Å². The molecule has 2 N–H and O–H groups in total. The Kier molecular flexibility index (Phi) is 3.07. The van der Waals surface area contributed by atoms with Crippen LogP contribution in [0.4, 0.5) is 0 Å². The number of hydrogen-bond donors (Lipinski definition) is 2. The molecule has 0 radical (unpaired) electrons. The highest BCUT2D eigenvalue weighted by Gasteiger charge is 2.41. The summed E-state index contributed by atoms with van der Waals surface area (Å²) in [6.07, 6.45) is 5.16. The Morgan fingerprint density at radius 3 is 2.93 bits per heavy atom. The highest BCUT2D eigenvalue weighted by Crippen LogP contribution is 2.44. The molecule has 0 saturated heterocycles. The third kappa shape index (κ3) is 2.58. The number of aromatic nitrogens is 2. The van der Waals surface area contributed by atoms with Crippen molar-refractivity contribution in [2.45, 2.75) is 19.3 Å². The maximum atomic E-state index is 9.13. The number of aliphatic hydroxyl groups is 1. The van der Waals surface area contributed by atoms with Gasteiger partial charge in [0.1, 0.15) is 0 Å². The van der Waals surface area contributed by atoms with Gasteiger partial charge in [0.05, 0.1) is 0 Å². The molecule has 0 aliphatic heterocycles. The molecule has 84 valence electrons. The first-order valence-corrected chi connectivity index (χ1v) is 5.54. The number of rotatable bonds is 6. The van der Waals surface area contributed by atoms with Gasteiger partial charge in [0.2, 0.25) is 0 Å². The Morgan fingerprint density at radius 1 is 1.60 bits per heavy atom. The van der Waals surface area contributed by atoms with Crippen molar-refractivity contribution in [2.75, 3.05) is 19.7 Å². The lowest BCUT2D eigenvalue weighted by Crippen LogP contribution is -2.28. The lowest BCUT2D eigenvalue weighted by Gasteiger charge is -2.12. The normalized spacial score (nSPS) is 18.0. The van der Waals surface area contributed by atoms with E-state index in [9.17, 15) is 0 Å². The van der Waals surface area contributed by atoms with E-state index < -0.39 is 0 Å². The van der Waals surface area contributed by atoms with Crippen LogP contribution in [0.3, 0.4) is 0 Å². The van der Waals surface area contributed by atoms with Gasteiger partial charge in [-0.1, -0.05) is 0 Å². The van der Waals surface area contributed by atoms with Crippen LogP contribution in [0.5, 0.6) is 0 Å². The Bertz CT molecular complexity index is 317. The quantitative estimate of drug-likeness (QED) is 0.664. The number of hydrogen-bond acceptors (Lipinski definition) is 3. The largest absolute Gasteiger partial charge is 0.396 e. The van der Waals surface area contributed by atoms with Crippen LogP contribution in [0, 0.1) is 5.41 Å². The Morgan fingerprint density at radius 2 is 2.40 bits per heavy atom. The average molecular weight is 209 g/mol. The summed E-state index contributed by atoms with van der Waals surface area (Å²) in [5, 5.41) is 16.7. The molecule has 2 rings (SSSR count). The molecule has 1 heterocycles. The van der Waals surface area contributed by atoms with E-state index in [1.807, 2.05) is 24.0 Å². The zero-order valence-electron chi connectivity index (χ0n) is 9.24. The predicted octanol–water partition coefficient (Wildman–Crippen LogP) is 0.325. The summed E-state index contributed by atoms with van der Waals surface area (Å²) in [4.78, 5) is 0. The van der Waals surface area contributed by atoms with E-state index >= 15 is 0 Å². The second-order valence-corrected chi connectivity index (χ2v) is 4.53. The van der Waals surface area contributed by atoms with Gasteiger partial charge in [0.15, 0.2) is 0 Å². The van der Waals surface area contributed by atoms with Gasteiger partial charge in [-0.15, -0.1) is 0 Å². The highest BCUT2D eigenvalue weighted by atomic mass is 16.3. The van der Waals surface area contributed by atoms with Crippen molar-refractivity contribution in [3.8, 4) is 0 Å². The molecule has 0 spiro atoms. The molecule has 1 aliphatic carbocycles. The van der Waals surface area contributed by atoms with Crippen molar-refractivity contribution in [2.24, 2.45) is 12.5 Å². The number of nitrogens with one attached hydrogen (secondary N) is 1. The Hall–Kier alpha value is -0.870. The first kappa shape index (κ1) is 10.6. The van der Waals surface area contributed by atoms with Gasteiger partial charge >= 0.3 is 0 Å². The zero-order valence-corrected chi connectivity index (χ0v) is 9.24. The minimum absolute atomic E-state index is 0.215. The zero-order chi connectivity index (χ0) is 10.7. The second-order valence-electron chi connectivity index (χ2n) is 4.53. The van der Waals surface area contributed by atoms with Gasteiger partial charge in [0, 0.05) is 50.5 Å². The number of aryl methyl sites for hydroxylation is 1. The maximum absolute atomic E-state index is 9.13. The highest BCUT2D eigenvalue weighted by molar-refractivity contribution is 5.00. The predicted molar refractivity (Wildman–Crippen MR) is 58.5 cm³/mol. The SMILES string of the molecule is Cn1nccc1CCNCC1(CO)CC1. The molecular weight excluding hydrogens is 190 g/mol. The van der Waals surface area contributed by atoms with Crippen molar-refractivity contribution >= 4 is 0 Å². The van der Waals surface area contributed by atoms with Crippen LogP contribution < -0.4 is 5.32 Å². The third-order valence-electron chi connectivity index (χ3n) is 3.27. The average Bonchev–Trinajstić information content (AvgIpc) is 2.92. The first-order chi connectivity index (χ1) is 7.26. The van der Waals surface area contributed by atoms with E-state index in [0.717, 1.165) is 19.5 Å². The minimum atomic E-state index is 0.215. The van der Waals surface area contributed by atoms with Crippen LogP contribution in [0.2, 0.25) is 0 Å². The lowest BCUT2D eigenvalue weighted by molar-refractivity contribution is 0.208.